The number of hydrogen-bond donors (Lipinski definition) is 1. The highest BCUT2D eigenvalue weighted by atomic mass is 35.5. The van der Waals surface area contributed by atoms with Gasteiger partial charge in [-0.15, -0.1) is 11.8 Å². The molecule has 1 saturated heterocycles. The molecule has 2 heterocycles. The van der Waals surface area contributed by atoms with Crippen LogP contribution in [0.1, 0.15) is 55.8 Å². The second-order valence-electron chi connectivity index (χ2n) is 10.8. The molecule has 9 nitrogen and oxygen atoms in total. The molecular weight excluding hydrogens is 629 g/mol. The van der Waals surface area contributed by atoms with E-state index >= 15 is 4.39 Å². The lowest BCUT2D eigenvalue weighted by atomic mass is 9.91. The second-order valence-corrected chi connectivity index (χ2v) is 12.1. The third-order valence-corrected chi connectivity index (χ3v) is 8.90. The first kappa shape index (κ1) is 32.2. The first-order valence-corrected chi connectivity index (χ1v) is 15.8. The van der Waals surface area contributed by atoms with Gasteiger partial charge in [-0.2, -0.15) is 5.26 Å². The summed E-state index contributed by atoms with van der Waals surface area (Å²) in [6.45, 7) is 0. The van der Waals surface area contributed by atoms with Gasteiger partial charge in [-0.3, -0.25) is 24.2 Å². The van der Waals surface area contributed by atoms with Crippen LogP contribution in [0.15, 0.2) is 59.6 Å². The number of nitrogens with zero attached hydrogens (tertiary/aromatic N) is 5. The number of carbonyl (C=O) groups is 3. The molecule has 14 heteroatoms. The van der Waals surface area contributed by atoms with Gasteiger partial charge in [0.25, 0.3) is 5.91 Å². The van der Waals surface area contributed by atoms with Gasteiger partial charge in [0, 0.05) is 52.7 Å². The van der Waals surface area contributed by atoms with E-state index in [4.69, 9.17) is 11.6 Å². The number of anilines is 2. The van der Waals surface area contributed by atoms with Gasteiger partial charge >= 0.3 is 0 Å². The van der Waals surface area contributed by atoms with Crippen LogP contribution >= 0.6 is 23.4 Å². The maximum absolute atomic E-state index is 15.0. The number of carbonyl (C=O) groups excluding carboxylic acids is 3. The summed E-state index contributed by atoms with van der Waals surface area (Å²) in [5.74, 6) is -5.60. The van der Waals surface area contributed by atoms with Crippen molar-refractivity contribution in [2.24, 2.45) is 0 Å². The zero-order chi connectivity index (χ0) is 32.3. The van der Waals surface area contributed by atoms with E-state index < -0.39 is 60.4 Å². The highest BCUT2D eigenvalue weighted by molar-refractivity contribution is 7.98. The minimum atomic E-state index is -2.83. The average Bonchev–Trinajstić information content (AvgIpc) is 3.41. The van der Waals surface area contributed by atoms with Crippen LogP contribution in [0.2, 0.25) is 5.02 Å². The molecule has 2 aromatic carbocycles. The number of alkyl halides is 2. The van der Waals surface area contributed by atoms with Crippen LogP contribution in [0.5, 0.6) is 0 Å². The van der Waals surface area contributed by atoms with Crippen molar-refractivity contribution in [1.82, 2.24) is 15.3 Å². The summed E-state index contributed by atoms with van der Waals surface area (Å²) in [6, 6.07) is 10.2. The summed E-state index contributed by atoms with van der Waals surface area (Å²) < 4.78 is 42.8. The van der Waals surface area contributed by atoms with Gasteiger partial charge in [0.05, 0.1) is 0 Å². The fourth-order valence-electron chi connectivity index (χ4n) is 5.62. The molecule has 0 radical (unpaired) electrons. The SMILES string of the molecule is CSc1cc(F)cc(N(C(=O)[C@@H]2CCC(=O)N2c2nccc(C#N)n2)[C@H](C(=O)NC2CCC(F)(F)CC2)c2ccccc2Cl)c1. The molecule has 3 amide bonds. The molecule has 1 N–H and O–H groups in total. The van der Waals surface area contributed by atoms with Crippen LogP contribution in [0.4, 0.5) is 24.8 Å². The lowest BCUT2D eigenvalue weighted by Crippen LogP contribution is -2.53. The minimum absolute atomic E-state index is 0.0191. The molecule has 0 spiro atoms. The van der Waals surface area contributed by atoms with E-state index in [0.717, 1.165) is 15.9 Å². The Kier molecular flexibility index (Phi) is 9.65. The van der Waals surface area contributed by atoms with Crippen molar-refractivity contribution in [1.29, 1.82) is 5.26 Å². The van der Waals surface area contributed by atoms with Crippen LogP contribution in [0.25, 0.3) is 0 Å². The standard InChI is InChI=1S/C31H28ClF3N6O3S/c1-45-22-15-18(33)14-21(16-22)40(29(44)25-6-7-26(42)41(25)30-37-13-10-20(17-36)39-30)27(23-4-2-3-5-24(23)32)28(43)38-19-8-11-31(34,35)12-9-19/h2-5,10,13-16,19,25,27H,6-9,11-12H2,1H3,(H,38,43)/t25-,27-/m0/s1. The number of benzene rings is 2. The van der Waals surface area contributed by atoms with E-state index in [0.29, 0.717) is 4.90 Å². The van der Waals surface area contributed by atoms with E-state index in [-0.39, 0.29) is 53.6 Å². The van der Waals surface area contributed by atoms with E-state index in [9.17, 15) is 28.4 Å². The maximum atomic E-state index is 15.0. The summed E-state index contributed by atoms with van der Waals surface area (Å²) in [6.07, 6.45) is 2.22. The monoisotopic (exact) mass is 656 g/mol. The molecule has 2 fully saturated rings. The number of nitrogens with one attached hydrogen (secondary N) is 1. The van der Waals surface area contributed by atoms with Gasteiger partial charge in [0.2, 0.25) is 23.7 Å². The molecule has 2 atom stereocenters. The third-order valence-electron chi connectivity index (χ3n) is 7.85. The lowest BCUT2D eigenvalue weighted by Gasteiger charge is -2.37. The zero-order valence-corrected chi connectivity index (χ0v) is 25.6. The van der Waals surface area contributed by atoms with E-state index in [1.807, 2.05) is 6.07 Å². The molecule has 1 aliphatic heterocycles. The Morgan fingerprint density at radius 2 is 1.91 bits per heavy atom. The van der Waals surface area contributed by atoms with Crippen molar-refractivity contribution in [2.45, 2.75) is 67.5 Å². The Labute approximate surface area is 266 Å². The van der Waals surface area contributed by atoms with Crippen molar-refractivity contribution in [3.63, 3.8) is 0 Å². The normalized spacial score (nSPS) is 18.7. The number of aromatic nitrogens is 2. The Balaban J connectivity index is 1.63. The molecule has 1 saturated carbocycles. The van der Waals surface area contributed by atoms with Crippen molar-refractivity contribution >= 4 is 52.7 Å². The van der Waals surface area contributed by atoms with E-state index in [1.165, 1.54) is 42.2 Å². The fourth-order valence-corrected chi connectivity index (χ4v) is 6.33. The summed E-state index contributed by atoms with van der Waals surface area (Å²) in [4.78, 5) is 52.9. The number of thioether (sulfide) groups is 1. The first-order chi connectivity index (χ1) is 21.5. The first-order valence-electron chi connectivity index (χ1n) is 14.2. The maximum Gasteiger partial charge on any atom is 0.251 e. The summed E-state index contributed by atoms with van der Waals surface area (Å²) in [5.41, 5.74) is 0.203. The van der Waals surface area contributed by atoms with Crippen molar-refractivity contribution in [2.75, 3.05) is 16.1 Å². The van der Waals surface area contributed by atoms with Crippen LogP contribution in [-0.2, 0) is 14.4 Å². The second kappa shape index (κ2) is 13.5. The van der Waals surface area contributed by atoms with Gasteiger partial charge in [-0.05, 0) is 55.9 Å². The minimum Gasteiger partial charge on any atom is -0.351 e. The van der Waals surface area contributed by atoms with Crippen LogP contribution in [-0.4, -0.2) is 52.0 Å². The number of nitriles is 1. The van der Waals surface area contributed by atoms with Gasteiger partial charge in [-0.1, -0.05) is 29.8 Å². The molecular formula is C31H28ClF3N6O3S. The molecule has 1 aliphatic carbocycles. The van der Waals surface area contributed by atoms with Crippen molar-refractivity contribution < 1.29 is 27.6 Å². The highest BCUT2D eigenvalue weighted by Crippen LogP contribution is 2.38. The van der Waals surface area contributed by atoms with Gasteiger partial charge in [0.1, 0.15) is 29.7 Å². The number of halogens is 4. The Hall–Kier alpha value is -4.15. The van der Waals surface area contributed by atoms with Crippen LogP contribution in [0.3, 0.4) is 0 Å². The number of rotatable bonds is 8. The molecule has 3 aromatic rings. The summed E-state index contributed by atoms with van der Waals surface area (Å²) >= 11 is 7.82. The molecule has 0 bridgehead atoms. The number of amides is 3. The lowest BCUT2D eigenvalue weighted by molar-refractivity contribution is -0.128. The average molecular weight is 657 g/mol. The van der Waals surface area contributed by atoms with Crippen molar-refractivity contribution in [3.8, 4) is 6.07 Å². The van der Waals surface area contributed by atoms with E-state index in [1.54, 1.807) is 24.5 Å². The predicted octanol–water partition coefficient (Wildman–Crippen LogP) is 5.83. The molecule has 1 aromatic heterocycles. The van der Waals surface area contributed by atoms with Crippen LogP contribution < -0.4 is 15.1 Å². The number of hydrogen-bond acceptors (Lipinski definition) is 7. The zero-order valence-electron chi connectivity index (χ0n) is 24.1. The van der Waals surface area contributed by atoms with Gasteiger partial charge < -0.3 is 5.32 Å². The fraction of sp³-hybridized carbons (Fsp3) is 0.355. The Morgan fingerprint density at radius 1 is 1.18 bits per heavy atom. The van der Waals surface area contributed by atoms with Crippen molar-refractivity contribution in [3.05, 3.63) is 76.8 Å². The summed E-state index contributed by atoms with van der Waals surface area (Å²) in [5, 5.41) is 12.3. The van der Waals surface area contributed by atoms with E-state index in [2.05, 4.69) is 15.3 Å². The topological polar surface area (TPSA) is 119 Å². The molecule has 5 rings (SSSR count). The van der Waals surface area contributed by atoms with Gasteiger partial charge in [0.15, 0.2) is 0 Å². The Morgan fingerprint density at radius 3 is 2.60 bits per heavy atom. The van der Waals surface area contributed by atoms with Gasteiger partial charge in [-0.25, -0.2) is 23.1 Å². The molecule has 45 heavy (non-hydrogen) atoms. The quantitative estimate of drug-likeness (QED) is 0.303. The predicted molar refractivity (Wildman–Crippen MR) is 162 cm³/mol. The highest BCUT2D eigenvalue weighted by Gasteiger charge is 2.45. The van der Waals surface area contributed by atoms with Crippen LogP contribution in [0, 0.1) is 17.1 Å². The largest absolute Gasteiger partial charge is 0.351 e. The smallest absolute Gasteiger partial charge is 0.251 e. The third kappa shape index (κ3) is 7.07. The molecule has 2 aliphatic rings. The summed E-state index contributed by atoms with van der Waals surface area (Å²) in [7, 11) is 0. The Bertz CT molecular complexity index is 1660. The molecule has 234 valence electrons. The molecule has 0 unspecified atom stereocenters.